The van der Waals surface area contributed by atoms with Crippen molar-refractivity contribution in [1.82, 2.24) is 10.6 Å². The van der Waals surface area contributed by atoms with E-state index < -0.39 is 6.04 Å². The molecule has 138 valence electrons. The Morgan fingerprint density at radius 1 is 0.923 bits per heavy atom. The van der Waals surface area contributed by atoms with E-state index in [2.05, 4.69) is 10.6 Å². The van der Waals surface area contributed by atoms with E-state index in [9.17, 15) is 9.59 Å². The van der Waals surface area contributed by atoms with E-state index in [-0.39, 0.29) is 23.8 Å². The summed E-state index contributed by atoms with van der Waals surface area (Å²) in [6, 6.07) is 13.0. The Kier molecular flexibility index (Phi) is 7.06. The standard InChI is InChI=1S/C20H22Cl2N2O2/c1-12(2)18(24-19(25)14-7-5-4-6-8-14)20(26)23-13(3)16-10-9-15(21)11-17(16)22/h4-13,18H,1-3H3,(H,23,26)(H,24,25). The van der Waals surface area contributed by atoms with Crippen molar-refractivity contribution < 1.29 is 9.59 Å². The van der Waals surface area contributed by atoms with Gasteiger partial charge in [0.25, 0.3) is 5.91 Å². The highest BCUT2D eigenvalue weighted by atomic mass is 35.5. The van der Waals surface area contributed by atoms with Crippen molar-refractivity contribution in [3.05, 3.63) is 69.7 Å². The van der Waals surface area contributed by atoms with Gasteiger partial charge in [-0.25, -0.2) is 0 Å². The van der Waals surface area contributed by atoms with E-state index in [1.165, 1.54) is 0 Å². The second-order valence-electron chi connectivity index (χ2n) is 6.46. The second kappa shape index (κ2) is 9.06. The third-order valence-corrected chi connectivity index (χ3v) is 4.62. The van der Waals surface area contributed by atoms with Crippen molar-refractivity contribution in [2.75, 3.05) is 0 Å². The van der Waals surface area contributed by atoms with Gasteiger partial charge in [0, 0.05) is 15.6 Å². The van der Waals surface area contributed by atoms with E-state index in [0.717, 1.165) is 5.56 Å². The van der Waals surface area contributed by atoms with Gasteiger partial charge in [0.05, 0.1) is 6.04 Å². The van der Waals surface area contributed by atoms with Crippen LogP contribution in [0.5, 0.6) is 0 Å². The molecular weight excluding hydrogens is 371 g/mol. The van der Waals surface area contributed by atoms with E-state index >= 15 is 0 Å². The summed E-state index contributed by atoms with van der Waals surface area (Å²) in [4.78, 5) is 25.1. The first-order valence-corrected chi connectivity index (χ1v) is 9.16. The predicted molar refractivity (Wildman–Crippen MR) is 106 cm³/mol. The summed E-state index contributed by atoms with van der Waals surface area (Å²) in [6.07, 6.45) is 0. The monoisotopic (exact) mass is 392 g/mol. The lowest BCUT2D eigenvalue weighted by Gasteiger charge is -2.24. The van der Waals surface area contributed by atoms with Crippen LogP contribution in [-0.4, -0.2) is 17.9 Å². The number of halogens is 2. The van der Waals surface area contributed by atoms with Crippen LogP contribution in [0.3, 0.4) is 0 Å². The molecule has 0 saturated carbocycles. The number of hydrogen-bond acceptors (Lipinski definition) is 2. The number of nitrogens with one attached hydrogen (secondary N) is 2. The van der Waals surface area contributed by atoms with Crippen molar-refractivity contribution in [3.63, 3.8) is 0 Å². The second-order valence-corrected chi connectivity index (χ2v) is 7.30. The summed E-state index contributed by atoms with van der Waals surface area (Å²) in [6.45, 7) is 5.61. The molecule has 6 heteroatoms. The van der Waals surface area contributed by atoms with Gasteiger partial charge in [-0.3, -0.25) is 9.59 Å². The van der Waals surface area contributed by atoms with Gasteiger partial charge in [0.2, 0.25) is 5.91 Å². The minimum Gasteiger partial charge on any atom is -0.348 e. The van der Waals surface area contributed by atoms with E-state index in [1.54, 1.807) is 42.5 Å². The zero-order valence-corrected chi connectivity index (χ0v) is 16.4. The quantitative estimate of drug-likeness (QED) is 0.752. The van der Waals surface area contributed by atoms with Crippen LogP contribution in [0.15, 0.2) is 48.5 Å². The molecule has 2 aromatic carbocycles. The average Bonchev–Trinajstić information content (AvgIpc) is 2.59. The molecule has 2 unspecified atom stereocenters. The van der Waals surface area contributed by atoms with Crippen LogP contribution < -0.4 is 10.6 Å². The number of carbonyl (C=O) groups is 2. The first-order valence-electron chi connectivity index (χ1n) is 8.41. The van der Waals surface area contributed by atoms with Crippen LogP contribution in [-0.2, 0) is 4.79 Å². The van der Waals surface area contributed by atoms with E-state index in [0.29, 0.717) is 15.6 Å². The SMILES string of the molecule is CC(NC(=O)C(NC(=O)c1ccccc1)C(C)C)c1ccc(Cl)cc1Cl. The Morgan fingerprint density at radius 3 is 2.15 bits per heavy atom. The lowest BCUT2D eigenvalue weighted by molar-refractivity contribution is -0.124. The summed E-state index contributed by atoms with van der Waals surface area (Å²) in [7, 11) is 0. The Balaban J connectivity index is 2.09. The van der Waals surface area contributed by atoms with Gasteiger partial charge in [-0.2, -0.15) is 0 Å². The average molecular weight is 393 g/mol. The molecule has 2 amide bonds. The molecule has 0 radical (unpaired) electrons. The molecule has 0 saturated heterocycles. The smallest absolute Gasteiger partial charge is 0.251 e. The lowest BCUT2D eigenvalue weighted by Crippen LogP contribution is -2.50. The summed E-state index contributed by atoms with van der Waals surface area (Å²) >= 11 is 12.1. The molecule has 0 fully saturated rings. The molecule has 2 rings (SSSR count). The molecule has 0 heterocycles. The van der Waals surface area contributed by atoms with Crippen LogP contribution in [0.4, 0.5) is 0 Å². The van der Waals surface area contributed by atoms with Gasteiger partial charge < -0.3 is 10.6 Å². The first kappa shape index (κ1) is 20.3. The maximum atomic E-state index is 12.7. The van der Waals surface area contributed by atoms with Gasteiger partial charge in [-0.05, 0) is 42.7 Å². The van der Waals surface area contributed by atoms with Crippen molar-refractivity contribution in [1.29, 1.82) is 0 Å². The van der Waals surface area contributed by atoms with Crippen molar-refractivity contribution in [3.8, 4) is 0 Å². The molecule has 0 spiro atoms. The molecule has 0 aliphatic carbocycles. The topological polar surface area (TPSA) is 58.2 Å². The van der Waals surface area contributed by atoms with Crippen molar-refractivity contribution >= 4 is 35.0 Å². The fourth-order valence-corrected chi connectivity index (χ4v) is 3.15. The molecule has 26 heavy (non-hydrogen) atoms. The molecule has 2 N–H and O–H groups in total. The maximum absolute atomic E-state index is 12.7. The zero-order valence-electron chi connectivity index (χ0n) is 14.9. The Morgan fingerprint density at radius 2 is 1.58 bits per heavy atom. The van der Waals surface area contributed by atoms with Crippen LogP contribution in [0.25, 0.3) is 0 Å². The fraction of sp³-hybridized carbons (Fsp3) is 0.300. The number of hydrogen-bond donors (Lipinski definition) is 2. The van der Waals surface area contributed by atoms with Gasteiger partial charge in [0.1, 0.15) is 6.04 Å². The van der Waals surface area contributed by atoms with E-state index in [1.807, 2.05) is 26.8 Å². The number of carbonyl (C=O) groups excluding carboxylic acids is 2. The molecule has 0 aliphatic rings. The molecule has 2 aromatic rings. The third-order valence-electron chi connectivity index (χ3n) is 4.06. The van der Waals surface area contributed by atoms with Gasteiger partial charge in [0.15, 0.2) is 0 Å². The minimum atomic E-state index is -0.656. The normalized spacial score (nSPS) is 13.2. The van der Waals surface area contributed by atoms with Crippen LogP contribution in [0, 0.1) is 5.92 Å². The Hall–Kier alpha value is -2.04. The van der Waals surface area contributed by atoms with Crippen LogP contribution >= 0.6 is 23.2 Å². The fourth-order valence-electron chi connectivity index (χ4n) is 2.58. The maximum Gasteiger partial charge on any atom is 0.251 e. The molecule has 4 nitrogen and oxygen atoms in total. The predicted octanol–water partition coefficient (Wildman–Crippen LogP) is 4.63. The minimum absolute atomic E-state index is 0.0736. The summed E-state index contributed by atoms with van der Waals surface area (Å²) in [5.74, 6) is -0.616. The lowest BCUT2D eigenvalue weighted by atomic mass is 10.0. The van der Waals surface area contributed by atoms with Gasteiger partial charge >= 0.3 is 0 Å². The zero-order chi connectivity index (χ0) is 19.3. The molecule has 0 aliphatic heterocycles. The summed E-state index contributed by atoms with van der Waals surface area (Å²) in [5, 5.41) is 6.74. The first-order chi connectivity index (χ1) is 12.3. The van der Waals surface area contributed by atoms with E-state index in [4.69, 9.17) is 23.2 Å². The summed E-state index contributed by atoms with van der Waals surface area (Å²) < 4.78 is 0. The third kappa shape index (κ3) is 5.23. The molecule has 0 bridgehead atoms. The van der Waals surface area contributed by atoms with Crippen LogP contribution in [0.2, 0.25) is 10.0 Å². The highest BCUT2D eigenvalue weighted by Crippen LogP contribution is 2.26. The highest BCUT2D eigenvalue weighted by Gasteiger charge is 2.26. The number of amides is 2. The largest absolute Gasteiger partial charge is 0.348 e. The van der Waals surface area contributed by atoms with Gasteiger partial charge in [-0.1, -0.05) is 61.3 Å². The Bertz CT molecular complexity index is 779. The van der Waals surface area contributed by atoms with Crippen molar-refractivity contribution in [2.45, 2.75) is 32.9 Å². The van der Waals surface area contributed by atoms with Crippen LogP contribution in [0.1, 0.15) is 42.7 Å². The molecular formula is C20H22Cl2N2O2. The Labute approximate surface area is 163 Å². The summed E-state index contributed by atoms with van der Waals surface area (Å²) in [5.41, 5.74) is 1.28. The number of rotatable bonds is 6. The molecule has 0 aromatic heterocycles. The number of benzene rings is 2. The highest BCUT2D eigenvalue weighted by molar-refractivity contribution is 6.35. The van der Waals surface area contributed by atoms with Gasteiger partial charge in [-0.15, -0.1) is 0 Å². The van der Waals surface area contributed by atoms with Crippen molar-refractivity contribution in [2.24, 2.45) is 5.92 Å². The molecule has 2 atom stereocenters.